The zero-order valence-electron chi connectivity index (χ0n) is 8.23. The average Bonchev–Trinajstić information content (AvgIpc) is 2.05. The van der Waals surface area contributed by atoms with Gasteiger partial charge in [-0.25, -0.2) is 0 Å². The summed E-state index contributed by atoms with van der Waals surface area (Å²) in [6.45, 7) is 3.62. The van der Waals surface area contributed by atoms with E-state index in [1.807, 2.05) is 13.8 Å². The Labute approximate surface area is 94.4 Å². The third-order valence-electron chi connectivity index (χ3n) is 1.82. The highest BCUT2D eigenvalue weighted by Gasteiger charge is 2.32. The normalized spacial score (nSPS) is 11.9. The number of benzene rings is 1. The largest absolute Gasteiger partial charge is 0.573 e. The Morgan fingerprint density at radius 1 is 1.27 bits per heavy atom. The second kappa shape index (κ2) is 4.43. The number of alkyl halides is 3. The number of ether oxygens (including phenoxy) is 1. The maximum atomic E-state index is 12.1. The van der Waals surface area contributed by atoms with Crippen LogP contribution in [0, 0.1) is 0 Å². The molecule has 84 valence electrons. The highest BCUT2D eigenvalue weighted by Crippen LogP contribution is 2.33. The highest BCUT2D eigenvalue weighted by molar-refractivity contribution is 9.10. The van der Waals surface area contributed by atoms with E-state index in [0.29, 0.717) is 5.56 Å². The SMILES string of the molecule is CC(C)c1cc(Br)ccc1OC(F)(F)F. The second-order valence-corrected chi connectivity index (χ2v) is 4.30. The molecule has 1 aromatic carbocycles. The monoisotopic (exact) mass is 282 g/mol. The highest BCUT2D eigenvalue weighted by atomic mass is 79.9. The Hall–Kier alpha value is -0.710. The average molecular weight is 283 g/mol. The molecule has 0 amide bonds. The molecule has 0 saturated carbocycles. The van der Waals surface area contributed by atoms with Gasteiger partial charge in [-0.2, -0.15) is 0 Å². The summed E-state index contributed by atoms with van der Waals surface area (Å²) in [6.07, 6.45) is -4.64. The molecule has 0 aliphatic carbocycles. The molecule has 0 atom stereocenters. The molecule has 0 spiro atoms. The third-order valence-corrected chi connectivity index (χ3v) is 2.31. The predicted molar refractivity (Wildman–Crippen MR) is 54.9 cm³/mol. The molecule has 0 heterocycles. The summed E-state index contributed by atoms with van der Waals surface area (Å²) < 4.78 is 40.8. The van der Waals surface area contributed by atoms with Crippen molar-refractivity contribution >= 4 is 15.9 Å². The molecule has 0 N–H and O–H groups in total. The molecule has 5 heteroatoms. The lowest BCUT2D eigenvalue weighted by molar-refractivity contribution is -0.274. The molecule has 15 heavy (non-hydrogen) atoms. The Balaban J connectivity index is 3.06. The van der Waals surface area contributed by atoms with Gasteiger partial charge in [0.15, 0.2) is 0 Å². The van der Waals surface area contributed by atoms with Gasteiger partial charge in [0.05, 0.1) is 0 Å². The summed E-state index contributed by atoms with van der Waals surface area (Å²) in [5.74, 6) is -0.166. The van der Waals surface area contributed by atoms with Crippen LogP contribution in [-0.4, -0.2) is 6.36 Å². The van der Waals surface area contributed by atoms with Crippen molar-refractivity contribution in [2.24, 2.45) is 0 Å². The summed E-state index contributed by atoms with van der Waals surface area (Å²) in [7, 11) is 0. The van der Waals surface area contributed by atoms with Crippen molar-refractivity contribution < 1.29 is 17.9 Å². The molecule has 0 fully saturated rings. The fraction of sp³-hybridized carbons (Fsp3) is 0.400. The lowest BCUT2D eigenvalue weighted by Crippen LogP contribution is -2.18. The van der Waals surface area contributed by atoms with Crippen molar-refractivity contribution in [3.05, 3.63) is 28.2 Å². The van der Waals surface area contributed by atoms with Gasteiger partial charge in [0.25, 0.3) is 0 Å². The summed E-state index contributed by atoms with van der Waals surface area (Å²) in [5.41, 5.74) is 0.529. The fourth-order valence-electron chi connectivity index (χ4n) is 1.19. The van der Waals surface area contributed by atoms with Gasteiger partial charge in [0.1, 0.15) is 5.75 Å². The van der Waals surface area contributed by atoms with Crippen molar-refractivity contribution in [3.63, 3.8) is 0 Å². The van der Waals surface area contributed by atoms with E-state index in [4.69, 9.17) is 0 Å². The Morgan fingerprint density at radius 2 is 1.87 bits per heavy atom. The Bertz CT molecular complexity index is 347. The number of hydrogen-bond acceptors (Lipinski definition) is 1. The van der Waals surface area contributed by atoms with Crippen LogP contribution in [0.3, 0.4) is 0 Å². The molecule has 0 bridgehead atoms. The van der Waals surface area contributed by atoms with Crippen LogP contribution < -0.4 is 4.74 Å². The lowest BCUT2D eigenvalue weighted by Gasteiger charge is -2.15. The lowest BCUT2D eigenvalue weighted by atomic mass is 10.0. The van der Waals surface area contributed by atoms with E-state index in [2.05, 4.69) is 20.7 Å². The zero-order valence-corrected chi connectivity index (χ0v) is 9.82. The van der Waals surface area contributed by atoms with E-state index >= 15 is 0 Å². The molecule has 1 nitrogen and oxygen atoms in total. The Kier molecular flexibility index (Phi) is 3.65. The minimum absolute atomic E-state index is 0.0279. The van der Waals surface area contributed by atoms with Crippen LogP contribution in [0.25, 0.3) is 0 Å². The maximum Gasteiger partial charge on any atom is 0.573 e. The fourth-order valence-corrected chi connectivity index (χ4v) is 1.57. The summed E-state index contributed by atoms with van der Waals surface area (Å²) in [6, 6.07) is 4.46. The molecule has 0 aliphatic rings. The zero-order chi connectivity index (χ0) is 11.6. The van der Waals surface area contributed by atoms with Gasteiger partial charge in [0.2, 0.25) is 0 Å². The van der Waals surface area contributed by atoms with E-state index in [1.165, 1.54) is 12.1 Å². The summed E-state index contributed by atoms with van der Waals surface area (Å²) in [4.78, 5) is 0. The van der Waals surface area contributed by atoms with Crippen LogP contribution in [0.15, 0.2) is 22.7 Å². The van der Waals surface area contributed by atoms with E-state index in [-0.39, 0.29) is 11.7 Å². The summed E-state index contributed by atoms with van der Waals surface area (Å²) in [5, 5.41) is 0. The van der Waals surface area contributed by atoms with Gasteiger partial charge in [0, 0.05) is 4.47 Å². The quantitative estimate of drug-likeness (QED) is 0.778. The molecule has 0 radical (unpaired) electrons. The molecule has 0 saturated heterocycles. The van der Waals surface area contributed by atoms with Crippen molar-refractivity contribution in [2.75, 3.05) is 0 Å². The standard InChI is InChI=1S/C10H10BrF3O/c1-6(2)8-5-7(11)3-4-9(8)15-10(12,13)14/h3-6H,1-2H3. The van der Waals surface area contributed by atoms with Crippen LogP contribution in [0.2, 0.25) is 0 Å². The molecular weight excluding hydrogens is 273 g/mol. The topological polar surface area (TPSA) is 9.23 Å². The van der Waals surface area contributed by atoms with Gasteiger partial charge in [-0.1, -0.05) is 29.8 Å². The first kappa shape index (κ1) is 12.4. The van der Waals surface area contributed by atoms with Gasteiger partial charge in [-0.3, -0.25) is 0 Å². The van der Waals surface area contributed by atoms with Crippen molar-refractivity contribution in [3.8, 4) is 5.75 Å². The number of rotatable bonds is 2. The molecule has 0 aliphatic heterocycles. The molecular formula is C10H10BrF3O. The van der Waals surface area contributed by atoms with Crippen LogP contribution in [0.1, 0.15) is 25.3 Å². The van der Waals surface area contributed by atoms with Crippen molar-refractivity contribution in [1.82, 2.24) is 0 Å². The maximum absolute atomic E-state index is 12.1. The smallest absolute Gasteiger partial charge is 0.405 e. The minimum atomic E-state index is -4.64. The van der Waals surface area contributed by atoms with Gasteiger partial charge >= 0.3 is 6.36 Å². The number of halogens is 4. The van der Waals surface area contributed by atoms with Gasteiger partial charge in [-0.05, 0) is 29.7 Å². The Morgan fingerprint density at radius 3 is 2.33 bits per heavy atom. The molecule has 1 aromatic rings. The van der Waals surface area contributed by atoms with Crippen LogP contribution >= 0.6 is 15.9 Å². The second-order valence-electron chi connectivity index (χ2n) is 3.38. The minimum Gasteiger partial charge on any atom is -0.405 e. The first-order chi connectivity index (χ1) is 6.79. The van der Waals surface area contributed by atoms with E-state index in [0.717, 1.165) is 4.47 Å². The van der Waals surface area contributed by atoms with E-state index < -0.39 is 6.36 Å². The van der Waals surface area contributed by atoms with Crippen LogP contribution in [0.4, 0.5) is 13.2 Å². The number of hydrogen-bond donors (Lipinski definition) is 0. The first-order valence-corrected chi connectivity index (χ1v) is 5.14. The van der Waals surface area contributed by atoms with E-state index in [1.54, 1.807) is 6.07 Å². The van der Waals surface area contributed by atoms with Gasteiger partial charge < -0.3 is 4.74 Å². The van der Waals surface area contributed by atoms with E-state index in [9.17, 15) is 13.2 Å². The van der Waals surface area contributed by atoms with Crippen molar-refractivity contribution in [1.29, 1.82) is 0 Å². The van der Waals surface area contributed by atoms with Crippen molar-refractivity contribution in [2.45, 2.75) is 26.1 Å². The third kappa shape index (κ3) is 3.74. The predicted octanol–water partition coefficient (Wildman–Crippen LogP) is 4.47. The first-order valence-electron chi connectivity index (χ1n) is 4.35. The molecule has 1 rings (SSSR count). The van der Waals surface area contributed by atoms with Crippen LogP contribution in [-0.2, 0) is 0 Å². The van der Waals surface area contributed by atoms with Gasteiger partial charge in [-0.15, -0.1) is 13.2 Å². The molecule has 0 aromatic heterocycles. The van der Waals surface area contributed by atoms with Crippen LogP contribution in [0.5, 0.6) is 5.75 Å². The summed E-state index contributed by atoms with van der Waals surface area (Å²) >= 11 is 3.21. The molecule has 0 unspecified atom stereocenters.